The van der Waals surface area contributed by atoms with E-state index in [1.807, 2.05) is 20.8 Å². The molecule has 0 spiro atoms. The number of hydrogen-bond acceptors (Lipinski definition) is 4. The molecule has 0 bridgehead atoms. The van der Waals surface area contributed by atoms with Crippen LogP contribution in [0.5, 0.6) is 0 Å². The summed E-state index contributed by atoms with van der Waals surface area (Å²) in [4.78, 5) is 15.9. The van der Waals surface area contributed by atoms with Gasteiger partial charge in [0, 0.05) is 13.3 Å². The molecule has 0 aromatic carbocycles. The molecule has 1 N–H and O–H groups in total. The highest BCUT2D eigenvalue weighted by Gasteiger charge is 2.17. The SMILES string of the molecule is CCCC(COC)n1cncc1CNC(=O)OC(C)(C)C. The van der Waals surface area contributed by atoms with Gasteiger partial charge in [-0.25, -0.2) is 9.78 Å². The van der Waals surface area contributed by atoms with Gasteiger partial charge < -0.3 is 19.4 Å². The van der Waals surface area contributed by atoms with E-state index in [2.05, 4.69) is 21.8 Å². The Bertz CT molecular complexity index is 432. The molecule has 1 atom stereocenters. The Balaban J connectivity index is 2.64. The highest BCUT2D eigenvalue weighted by Crippen LogP contribution is 2.17. The fraction of sp³-hybridized carbons (Fsp3) is 0.733. The summed E-state index contributed by atoms with van der Waals surface area (Å²) in [6.07, 6.45) is 5.18. The average Bonchev–Trinajstić information content (AvgIpc) is 2.82. The van der Waals surface area contributed by atoms with E-state index in [0.717, 1.165) is 18.5 Å². The van der Waals surface area contributed by atoms with E-state index in [4.69, 9.17) is 9.47 Å². The van der Waals surface area contributed by atoms with Crippen molar-refractivity contribution in [2.24, 2.45) is 0 Å². The quantitative estimate of drug-likeness (QED) is 0.840. The van der Waals surface area contributed by atoms with Gasteiger partial charge in [-0.15, -0.1) is 0 Å². The van der Waals surface area contributed by atoms with Gasteiger partial charge in [0.2, 0.25) is 0 Å². The van der Waals surface area contributed by atoms with Crippen molar-refractivity contribution in [1.29, 1.82) is 0 Å². The third-order valence-corrected chi connectivity index (χ3v) is 2.93. The summed E-state index contributed by atoms with van der Waals surface area (Å²) >= 11 is 0. The largest absolute Gasteiger partial charge is 0.444 e. The lowest BCUT2D eigenvalue weighted by Gasteiger charge is -2.21. The Hall–Kier alpha value is -1.56. The van der Waals surface area contributed by atoms with Crippen LogP contribution in [0, 0.1) is 0 Å². The first-order chi connectivity index (χ1) is 9.87. The second kappa shape index (κ2) is 8.02. The number of amides is 1. The first kappa shape index (κ1) is 17.5. The normalized spacial score (nSPS) is 13.0. The summed E-state index contributed by atoms with van der Waals surface area (Å²) in [5.41, 5.74) is 0.446. The number of ether oxygens (including phenoxy) is 2. The zero-order valence-corrected chi connectivity index (χ0v) is 13.7. The second-order valence-corrected chi connectivity index (χ2v) is 6.05. The number of imidazole rings is 1. The lowest BCUT2D eigenvalue weighted by Crippen LogP contribution is -2.33. The molecule has 1 heterocycles. The topological polar surface area (TPSA) is 65.4 Å². The van der Waals surface area contributed by atoms with Crippen molar-refractivity contribution in [3.63, 3.8) is 0 Å². The summed E-state index contributed by atoms with van der Waals surface area (Å²) in [6, 6.07) is 0.234. The predicted molar refractivity (Wildman–Crippen MR) is 81.1 cm³/mol. The van der Waals surface area contributed by atoms with Crippen molar-refractivity contribution in [2.45, 2.75) is 58.7 Å². The van der Waals surface area contributed by atoms with Crippen molar-refractivity contribution in [3.05, 3.63) is 18.2 Å². The van der Waals surface area contributed by atoms with E-state index in [1.54, 1.807) is 19.6 Å². The standard InChI is InChI=1S/C15H27N3O3/c1-6-7-12(10-20-5)18-11-16-8-13(18)9-17-14(19)21-15(2,3)4/h8,11-12H,6-7,9-10H2,1-5H3,(H,17,19). The second-order valence-electron chi connectivity index (χ2n) is 6.05. The van der Waals surface area contributed by atoms with E-state index in [9.17, 15) is 4.79 Å². The molecule has 1 aromatic heterocycles. The molecule has 0 radical (unpaired) electrons. The van der Waals surface area contributed by atoms with Crippen LogP contribution >= 0.6 is 0 Å². The molecule has 0 aliphatic rings. The molecule has 0 aliphatic carbocycles. The van der Waals surface area contributed by atoms with Gasteiger partial charge in [-0.3, -0.25) is 0 Å². The number of alkyl carbamates (subject to hydrolysis) is 1. The van der Waals surface area contributed by atoms with Crippen LogP contribution in [0.15, 0.2) is 12.5 Å². The number of hydrogen-bond donors (Lipinski definition) is 1. The summed E-state index contributed by atoms with van der Waals surface area (Å²) in [5.74, 6) is 0. The average molecular weight is 297 g/mol. The summed E-state index contributed by atoms with van der Waals surface area (Å²) in [6.45, 7) is 8.67. The van der Waals surface area contributed by atoms with E-state index in [0.29, 0.717) is 13.2 Å². The Labute approximate surface area is 126 Å². The molecule has 1 unspecified atom stereocenters. The Morgan fingerprint density at radius 1 is 1.48 bits per heavy atom. The van der Waals surface area contributed by atoms with Crippen LogP contribution in [0.2, 0.25) is 0 Å². The van der Waals surface area contributed by atoms with Gasteiger partial charge in [0.05, 0.1) is 31.2 Å². The van der Waals surface area contributed by atoms with E-state index >= 15 is 0 Å². The number of nitrogens with one attached hydrogen (secondary N) is 1. The number of carbonyl (C=O) groups is 1. The summed E-state index contributed by atoms with van der Waals surface area (Å²) in [7, 11) is 1.69. The third kappa shape index (κ3) is 6.16. The molecule has 0 saturated heterocycles. The number of carbonyl (C=O) groups excluding carboxylic acids is 1. The van der Waals surface area contributed by atoms with Crippen LogP contribution in [0.3, 0.4) is 0 Å². The Morgan fingerprint density at radius 2 is 2.19 bits per heavy atom. The maximum atomic E-state index is 11.7. The van der Waals surface area contributed by atoms with Crippen LogP contribution < -0.4 is 5.32 Å². The molecule has 0 fully saturated rings. The molecule has 6 heteroatoms. The highest BCUT2D eigenvalue weighted by molar-refractivity contribution is 5.67. The molecular weight excluding hydrogens is 270 g/mol. The molecule has 1 rings (SSSR count). The lowest BCUT2D eigenvalue weighted by atomic mass is 10.1. The van der Waals surface area contributed by atoms with Gasteiger partial charge in [0.1, 0.15) is 5.60 Å². The van der Waals surface area contributed by atoms with Crippen LogP contribution in [0.4, 0.5) is 4.79 Å². The van der Waals surface area contributed by atoms with Crippen LogP contribution in [-0.4, -0.2) is 35.0 Å². The van der Waals surface area contributed by atoms with Gasteiger partial charge in [-0.2, -0.15) is 0 Å². The molecule has 0 saturated carbocycles. The maximum Gasteiger partial charge on any atom is 0.407 e. The van der Waals surface area contributed by atoms with Gasteiger partial charge in [-0.1, -0.05) is 13.3 Å². The van der Waals surface area contributed by atoms with E-state index in [-0.39, 0.29) is 6.04 Å². The van der Waals surface area contributed by atoms with Crippen LogP contribution in [0.25, 0.3) is 0 Å². The van der Waals surface area contributed by atoms with Gasteiger partial charge >= 0.3 is 6.09 Å². The molecule has 120 valence electrons. The first-order valence-electron chi connectivity index (χ1n) is 7.34. The van der Waals surface area contributed by atoms with Crippen LogP contribution in [-0.2, 0) is 16.0 Å². The molecular formula is C15H27N3O3. The number of rotatable bonds is 7. The molecule has 6 nitrogen and oxygen atoms in total. The van der Waals surface area contributed by atoms with Gasteiger partial charge in [0.15, 0.2) is 0 Å². The minimum absolute atomic E-state index is 0.234. The maximum absolute atomic E-state index is 11.7. The fourth-order valence-corrected chi connectivity index (χ4v) is 2.10. The molecule has 1 aromatic rings. The van der Waals surface area contributed by atoms with Crippen LogP contribution in [0.1, 0.15) is 52.3 Å². The van der Waals surface area contributed by atoms with Crippen molar-refractivity contribution in [1.82, 2.24) is 14.9 Å². The molecule has 1 amide bonds. The molecule has 21 heavy (non-hydrogen) atoms. The molecule has 0 aliphatic heterocycles. The van der Waals surface area contributed by atoms with Gasteiger partial charge in [0.25, 0.3) is 0 Å². The number of aromatic nitrogens is 2. The zero-order chi connectivity index (χ0) is 15.9. The fourth-order valence-electron chi connectivity index (χ4n) is 2.10. The van der Waals surface area contributed by atoms with Crippen molar-refractivity contribution < 1.29 is 14.3 Å². The van der Waals surface area contributed by atoms with Crippen molar-refractivity contribution >= 4 is 6.09 Å². The Kier molecular flexibility index (Phi) is 6.68. The first-order valence-corrected chi connectivity index (χ1v) is 7.34. The number of nitrogens with zero attached hydrogens (tertiary/aromatic N) is 2. The number of methoxy groups -OCH3 is 1. The Morgan fingerprint density at radius 3 is 2.76 bits per heavy atom. The monoisotopic (exact) mass is 297 g/mol. The predicted octanol–water partition coefficient (Wildman–Crippen LogP) is 2.90. The zero-order valence-electron chi connectivity index (χ0n) is 13.7. The minimum Gasteiger partial charge on any atom is -0.444 e. The van der Waals surface area contributed by atoms with E-state index in [1.165, 1.54) is 0 Å². The van der Waals surface area contributed by atoms with E-state index < -0.39 is 11.7 Å². The van der Waals surface area contributed by atoms with Crippen molar-refractivity contribution in [2.75, 3.05) is 13.7 Å². The summed E-state index contributed by atoms with van der Waals surface area (Å²) < 4.78 is 12.6. The highest BCUT2D eigenvalue weighted by atomic mass is 16.6. The summed E-state index contributed by atoms with van der Waals surface area (Å²) in [5, 5.41) is 2.76. The minimum atomic E-state index is -0.495. The third-order valence-electron chi connectivity index (χ3n) is 2.93. The van der Waals surface area contributed by atoms with Gasteiger partial charge in [-0.05, 0) is 27.2 Å². The smallest absolute Gasteiger partial charge is 0.407 e. The van der Waals surface area contributed by atoms with Crippen molar-refractivity contribution in [3.8, 4) is 0 Å². The lowest BCUT2D eigenvalue weighted by molar-refractivity contribution is 0.0521.